The lowest BCUT2D eigenvalue weighted by Gasteiger charge is -2.08. The summed E-state index contributed by atoms with van der Waals surface area (Å²) < 4.78 is 65.2. The van der Waals surface area contributed by atoms with E-state index < -0.39 is 28.5 Å². The molecule has 0 amide bonds. The predicted octanol–water partition coefficient (Wildman–Crippen LogP) is 1.81. The third-order valence-corrected chi connectivity index (χ3v) is 3.51. The first kappa shape index (κ1) is 13.8. The minimum absolute atomic E-state index is 0.0743. The zero-order chi connectivity index (χ0) is 14.1. The topological polar surface area (TPSA) is 72.2 Å². The van der Waals surface area contributed by atoms with Gasteiger partial charge in [0.05, 0.1) is 0 Å². The second kappa shape index (κ2) is 4.82. The van der Waals surface area contributed by atoms with E-state index in [0.717, 1.165) is 0 Å². The van der Waals surface area contributed by atoms with Crippen LogP contribution in [0.2, 0.25) is 0 Å². The summed E-state index contributed by atoms with van der Waals surface area (Å²) in [6.07, 6.45) is -4.60. The summed E-state index contributed by atoms with van der Waals surface area (Å²) in [6, 6.07) is 6.49. The molecule has 1 aromatic carbocycles. The monoisotopic (exact) mass is 294 g/mol. The van der Waals surface area contributed by atoms with Gasteiger partial charge in [0.1, 0.15) is 18.0 Å². The third-order valence-electron chi connectivity index (χ3n) is 2.27. The number of benzene rings is 1. The number of alkyl halides is 3. The summed E-state index contributed by atoms with van der Waals surface area (Å²) >= 11 is 0. The highest BCUT2D eigenvalue weighted by molar-refractivity contribution is 7.88. The molecule has 0 saturated heterocycles. The smallest absolute Gasteiger partial charge is 0.356 e. The minimum atomic E-state index is -4.60. The van der Waals surface area contributed by atoms with Gasteiger partial charge in [-0.05, 0) is 12.1 Å². The van der Waals surface area contributed by atoms with Gasteiger partial charge in [0.2, 0.25) is 10.0 Å². The zero-order valence-corrected chi connectivity index (χ0v) is 10.3. The molecule has 9 heteroatoms. The van der Waals surface area contributed by atoms with Crippen molar-refractivity contribution < 1.29 is 26.1 Å². The van der Waals surface area contributed by atoms with E-state index in [1.54, 1.807) is 24.3 Å². The van der Waals surface area contributed by atoms with Crippen LogP contribution in [0, 0.1) is 0 Å². The first-order valence-electron chi connectivity index (χ1n) is 5.14. The first-order chi connectivity index (χ1) is 8.77. The number of fused-ring (bicyclic) bond motifs is 1. The lowest BCUT2D eigenvalue weighted by Crippen LogP contribution is -2.34. The molecule has 1 aromatic heterocycles. The number of hydrogen-bond donors (Lipinski definition) is 1. The van der Waals surface area contributed by atoms with Gasteiger partial charge in [0, 0.05) is 5.39 Å². The van der Waals surface area contributed by atoms with Crippen molar-refractivity contribution in [2.75, 3.05) is 6.54 Å². The van der Waals surface area contributed by atoms with Crippen molar-refractivity contribution in [3.63, 3.8) is 0 Å². The van der Waals surface area contributed by atoms with Gasteiger partial charge in [-0.2, -0.15) is 13.2 Å². The fourth-order valence-corrected chi connectivity index (χ4v) is 2.52. The molecule has 5 nitrogen and oxygen atoms in total. The SMILES string of the molecule is O=S(=O)(Cc1noc2ccccc12)NCC(F)(F)F. The van der Waals surface area contributed by atoms with Crippen molar-refractivity contribution in [2.24, 2.45) is 0 Å². The van der Waals surface area contributed by atoms with E-state index in [4.69, 9.17) is 4.52 Å². The average molecular weight is 294 g/mol. The molecule has 0 aliphatic heterocycles. The molecule has 0 spiro atoms. The average Bonchev–Trinajstić information content (AvgIpc) is 2.69. The Morgan fingerprint density at radius 2 is 1.95 bits per heavy atom. The van der Waals surface area contributed by atoms with Crippen LogP contribution in [0.3, 0.4) is 0 Å². The maximum Gasteiger partial charge on any atom is 0.402 e. The Bertz CT molecular complexity index is 679. The van der Waals surface area contributed by atoms with Gasteiger partial charge < -0.3 is 4.52 Å². The van der Waals surface area contributed by atoms with Gasteiger partial charge in [-0.15, -0.1) is 0 Å². The highest BCUT2D eigenvalue weighted by Gasteiger charge is 2.30. The predicted molar refractivity (Wildman–Crippen MR) is 60.7 cm³/mol. The largest absolute Gasteiger partial charge is 0.402 e. The molecule has 0 radical (unpaired) electrons. The van der Waals surface area contributed by atoms with Gasteiger partial charge >= 0.3 is 6.18 Å². The number of nitrogens with one attached hydrogen (secondary N) is 1. The lowest BCUT2D eigenvalue weighted by molar-refractivity contribution is -0.121. The number of halogens is 3. The van der Waals surface area contributed by atoms with Gasteiger partial charge in [-0.25, -0.2) is 13.1 Å². The summed E-state index contributed by atoms with van der Waals surface area (Å²) in [4.78, 5) is 0. The summed E-state index contributed by atoms with van der Waals surface area (Å²) in [5.74, 6) is -0.667. The summed E-state index contributed by atoms with van der Waals surface area (Å²) in [5, 5.41) is 4.01. The summed E-state index contributed by atoms with van der Waals surface area (Å²) in [6.45, 7) is -1.61. The van der Waals surface area contributed by atoms with Crippen LogP contribution in [0.4, 0.5) is 13.2 Å². The Morgan fingerprint density at radius 3 is 2.63 bits per heavy atom. The standard InChI is InChI=1S/C10H9F3N2O3S/c11-10(12,13)6-14-19(16,17)5-8-7-3-1-2-4-9(7)18-15-8/h1-4,14H,5-6H2. The van der Waals surface area contributed by atoms with E-state index in [0.29, 0.717) is 11.0 Å². The Balaban J connectivity index is 2.16. The molecule has 0 aliphatic carbocycles. The molecule has 2 aromatic rings. The molecule has 104 valence electrons. The zero-order valence-electron chi connectivity index (χ0n) is 9.44. The molecule has 1 N–H and O–H groups in total. The number of nitrogens with zero attached hydrogens (tertiary/aromatic N) is 1. The van der Waals surface area contributed by atoms with Gasteiger partial charge in [0.15, 0.2) is 5.58 Å². The van der Waals surface area contributed by atoms with Gasteiger partial charge in [-0.1, -0.05) is 17.3 Å². The highest BCUT2D eigenvalue weighted by atomic mass is 32.2. The summed E-state index contributed by atoms with van der Waals surface area (Å²) in [5.41, 5.74) is 0.453. The van der Waals surface area contributed by atoms with Crippen LogP contribution >= 0.6 is 0 Å². The molecular weight excluding hydrogens is 285 g/mol. The van der Waals surface area contributed by atoms with E-state index >= 15 is 0 Å². The van der Waals surface area contributed by atoms with Crippen LogP contribution in [0.15, 0.2) is 28.8 Å². The first-order valence-corrected chi connectivity index (χ1v) is 6.79. The van der Waals surface area contributed by atoms with Crippen LogP contribution in [0.5, 0.6) is 0 Å². The Hall–Kier alpha value is -1.61. The van der Waals surface area contributed by atoms with Crippen molar-refractivity contribution in [2.45, 2.75) is 11.9 Å². The van der Waals surface area contributed by atoms with Crippen LogP contribution in [0.1, 0.15) is 5.69 Å². The second-order valence-corrected chi connectivity index (χ2v) is 5.63. The van der Waals surface area contributed by atoms with Crippen LogP contribution in [0.25, 0.3) is 11.0 Å². The number of aromatic nitrogens is 1. The van der Waals surface area contributed by atoms with Gasteiger partial charge in [-0.3, -0.25) is 0 Å². The fourth-order valence-electron chi connectivity index (χ4n) is 1.47. The van der Waals surface area contributed by atoms with Crippen LogP contribution in [-0.4, -0.2) is 26.3 Å². The molecule has 0 aliphatic rings. The van der Waals surface area contributed by atoms with Gasteiger partial charge in [0.25, 0.3) is 0 Å². The third kappa shape index (κ3) is 3.67. The summed E-state index contributed by atoms with van der Waals surface area (Å²) in [7, 11) is -4.12. The maximum absolute atomic E-state index is 12.0. The van der Waals surface area contributed by atoms with Crippen molar-refractivity contribution >= 4 is 21.0 Å². The van der Waals surface area contributed by atoms with Crippen LogP contribution < -0.4 is 4.72 Å². The van der Waals surface area contributed by atoms with Crippen molar-refractivity contribution in [1.29, 1.82) is 0 Å². The molecule has 0 fully saturated rings. The molecule has 2 rings (SSSR count). The molecule has 19 heavy (non-hydrogen) atoms. The number of rotatable bonds is 4. The van der Waals surface area contributed by atoms with Crippen LogP contribution in [-0.2, 0) is 15.8 Å². The molecular formula is C10H9F3N2O3S. The Morgan fingerprint density at radius 1 is 1.26 bits per heavy atom. The van der Waals surface area contributed by atoms with E-state index in [1.807, 2.05) is 0 Å². The second-order valence-electron chi connectivity index (χ2n) is 3.82. The Kier molecular flexibility index (Phi) is 3.50. The molecule has 1 heterocycles. The van der Waals surface area contributed by atoms with E-state index in [2.05, 4.69) is 5.16 Å². The highest BCUT2D eigenvalue weighted by Crippen LogP contribution is 2.20. The van der Waals surface area contributed by atoms with E-state index in [9.17, 15) is 21.6 Å². The number of hydrogen-bond acceptors (Lipinski definition) is 4. The Labute approximate surface area is 106 Å². The number of sulfonamides is 1. The van der Waals surface area contributed by atoms with Crippen molar-refractivity contribution in [3.8, 4) is 0 Å². The molecule has 0 saturated carbocycles. The molecule has 0 bridgehead atoms. The molecule has 0 atom stereocenters. The normalized spacial score (nSPS) is 13.0. The molecule has 0 unspecified atom stereocenters. The van der Waals surface area contributed by atoms with Crippen molar-refractivity contribution in [3.05, 3.63) is 30.0 Å². The fraction of sp³-hybridized carbons (Fsp3) is 0.300. The quantitative estimate of drug-likeness (QED) is 0.933. The van der Waals surface area contributed by atoms with E-state index in [-0.39, 0.29) is 5.69 Å². The lowest BCUT2D eigenvalue weighted by atomic mass is 10.2. The number of para-hydroxylation sites is 1. The minimum Gasteiger partial charge on any atom is -0.356 e. The van der Waals surface area contributed by atoms with E-state index in [1.165, 1.54) is 4.72 Å². The maximum atomic E-state index is 12.0. The van der Waals surface area contributed by atoms with Crippen molar-refractivity contribution in [1.82, 2.24) is 9.88 Å².